The Labute approximate surface area is 172 Å². The lowest BCUT2D eigenvalue weighted by molar-refractivity contribution is -0.120. The number of halogens is 2. The fraction of sp³-hybridized carbons (Fsp3) is 0.333. The molecule has 1 aliphatic carbocycles. The zero-order chi connectivity index (χ0) is 21.0. The van der Waals surface area contributed by atoms with Crippen molar-refractivity contribution in [3.05, 3.63) is 59.6 Å². The van der Waals surface area contributed by atoms with Gasteiger partial charge in [-0.05, 0) is 54.5 Å². The molecule has 5 rings (SSSR count). The second kappa shape index (κ2) is 7.04. The summed E-state index contributed by atoms with van der Waals surface area (Å²) >= 11 is 0. The van der Waals surface area contributed by atoms with Crippen LogP contribution >= 0.6 is 0 Å². The number of ketones is 1. The van der Waals surface area contributed by atoms with Crippen molar-refractivity contribution in [2.75, 3.05) is 0 Å². The quantitative estimate of drug-likeness (QED) is 0.444. The standard InChI is InChI=1S/C24H23F2N3O/c1-13(2)24-23(14-3-6-16(30)7-4-14)17-10-20-21(28-12-27-20)11-22(17)29(24)15-5-8-18(25)19(26)9-15/h5,8-14H,3-4,6-7H2,1-2H3,(H,27,28). The van der Waals surface area contributed by atoms with E-state index in [9.17, 15) is 13.6 Å². The van der Waals surface area contributed by atoms with E-state index in [4.69, 9.17) is 0 Å². The lowest BCUT2D eigenvalue weighted by atomic mass is 9.81. The van der Waals surface area contributed by atoms with Gasteiger partial charge in [0.15, 0.2) is 11.6 Å². The Hall–Kier alpha value is -3.02. The number of hydrogen-bond acceptors (Lipinski definition) is 2. The summed E-state index contributed by atoms with van der Waals surface area (Å²) in [6.45, 7) is 4.23. The number of hydrogen-bond donors (Lipinski definition) is 1. The molecule has 0 aliphatic heterocycles. The van der Waals surface area contributed by atoms with Crippen molar-refractivity contribution in [2.24, 2.45) is 0 Å². The molecule has 30 heavy (non-hydrogen) atoms. The van der Waals surface area contributed by atoms with Gasteiger partial charge in [-0.25, -0.2) is 13.8 Å². The molecule has 2 aromatic heterocycles. The second-order valence-corrected chi connectivity index (χ2v) is 8.49. The molecule has 0 unspecified atom stereocenters. The van der Waals surface area contributed by atoms with Gasteiger partial charge in [-0.2, -0.15) is 0 Å². The van der Waals surface area contributed by atoms with Crippen LogP contribution in [0.1, 0.15) is 62.6 Å². The van der Waals surface area contributed by atoms with Crippen molar-refractivity contribution >= 4 is 27.7 Å². The molecule has 4 nitrogen and oxygen atoms in total. The highest BCUT2D eigenvalue weighted by Gasteiger charge is 2.29. The number of nitrogens with one attached hydrogen (secondary N) is 1. The van der Waals surface area contributed by atoms with Gasteiger partial charge in [-0.15, -0.1) is 0 Å². The molecule has 0 atom stereocenters. The Morgan fingerprint density at radius 3 is 2.57 bits per heavy atom. The van der Waals surface area contributed by atoms with Gasteiger partial charge in [0, 0.05) is 35.7 Å². The number of benzene rings is 2. The summed E-state index contributed by atoms with van der Waals surface area (Å²) in [4.78, 5) is 19.4. The molecular weight excluding hydrogens is 384 g/mol. The van der Waals surface area contributed by atoms with Crippen molar-refractivity contribution in [3.8, 4) is 5.69 Å². The van der Waals surface area contributed by atoms with Crippen LogP contribution in [0.5, 0.6) is 0 Å². The number of carbonyl (C=O) groups is 1. The van der Waals surface area contributed by atoms with Crippen LogP contribution in [0, 0.1) is 11.6 Å². The van der Waals surface area contributed by atoms with Crippen molar-refractivity contribution in [1.82, 2.24) is 14.5 Å². The Morgan fingerprint density at radius 2 is 1.87 bits per heavy atom. The van der Waals surface area contributed by atoms with Crippen LogP contribution < -0.4 is 0 Å². The van der Waals surface area contributed by atoms with Gasteiger partial charge >= 0.3 is 0 Å². The van der Waals surface area contributed by atoms with Crippen LogP contribution in [0.3, 0.4) is 0 Å². The highest BCUT2D eigenvalue weighted by molar-refractivity contribution is 5.98. The first-order valence-electron chi connectivity index (χ1n) is 10.4. The van der Waals surface area contributed by atoms with Crippen LogP contribution in [0.25, 0.3) is 27.6 Å². The average molecular weight is 407 g/mol. The fourth-order valence-corrected chi connectivity index (χ4v) is 4.89. The van der Waals surface area contributed by atoms with E-state index >= 15 is 0 Å². The maximum atomic E-state index is 14.2. The largest absolute Gasteiger partial charge is 0.345 e. The second-order valence-electron chi connectivity index (χ2n) is 8.49. The number of imidazole rings is 1. The average Bonchev–Trinajstić information content (AvgIpc) is 3.31. The number of fused-ring (bicyclic) bond motifs is 2. The van der Waals surface area contributed by atoms with Crippen molar-refractivity contribution < 1.29 is 13.6 Å². The normalized spacial score (nSPS) is 15.7. The molecule has 1 N–H and O–H groups in total. The molecule has 2 heterocycles. The van der Waals surface area contributed by atoms with E-state index in [2.05, 4.69) is 29.9 Å². The van der Waals surface area contributed by atoms with E-state index in [1.165, 1.54) is 17.7 Å². The van der Waals surface area contributed by atoms with E-state index in [1.54, 1.807) is 12.4 Å². The molecule has 0 radical (unpaired) electrons. The topological polar surface area (TPSA) is 50.7 Å². The Morgan fingerprint density at radius 1 is 1.10 bits per heavy atom. The molecule has 4 aromatic rings. The number of Topliss-reactive ketones (excluding diaryl/α,β-unsaturated/α-hetero) is 1. The zero-order valence-corrected chi connectivity index (χ0v) is 17.0. The first-order chi connectivity index (χ1) is 14.4. The van der Waals surface area contributed by atoms with Crippen molar-refractivity contribution in [1.29, 1.82) is 0 Å². The van der Waals surface area contributed by atoms with Crippen LogP contribution in [0.4, 0.5) is 8.78 Å². The van der Waals surface area contributed by atoms with E-state index < -0.39 is 11.6 Å². The van der Waals surface area contributed by atoms with Gasteiger partial charge in [0.05, 0.1) is 22.9 Å². The fourth-order valence-electron chi connectivity index (χ4n) is 4.89. The minimum Gasteiger partial charge on any atom is -0.345 e. The maximum absolute atomic E-state index is 14.2. The zero-order valence-electron chi connectivity index (χ0n) is 17.0. The predicted molar refractivity (Wildman–Crippen MR) is 113 cm³/mol. The number of nitrogens with zero attached hydrogens (tertiary/aromatic N) is 2. The van der Waals surface area contributed by atoms with E-state index in [-0.39, 0.29) is 11.8 Å². The molecule has 1 aliphatic rings. The van der Waals surface area contributed by atoms with Gasteiger partial charge in [0.2, 0.25) is 0 Å². The van der Waals surface area contributed by atoms with Crippen LogP contribution in [0.2, 0.25) is 0 Å². The van der Waals surface area contributed by atoms with Gasteiger partial charge in [0.1, 0.15) is 5.78 Å². The summed E-state index contributed by atoms with van der Waals surface area (Å²) in [7, 11) is 0. The van der Waals surface area contributed by atoms with Gasteiger partial charge < -0.3 is 9.55 Å². The van der Waals surface area contributed by atoms with Crippen LogP contribution in [-0.4, -0.2) is 20.3 Å². The number of carbonyl (C=O) groups excluding carboxylic acids is 1. The highest BCUT2D eigenvalue weighted by Crippen LogP contribution is 2.44. The van der Waals surface area contributed by atoms with Gasteiger partial charge in [0.25, 0.3) is 0 Å². The Balaban J connectivity index is 1.86. The molecule has 0 amide bonds. The smallest absolute Gasteiger partial charge is 0.160 e. The Kier molecular flexibility index (Phi) is 4.45. The summed E-state index contributed by atoms with van der Waals surface area (Å²) in [5, 5.41) is 1.08. The van der Waals surface area contributed by atoms with Crippen molar-refractivity contribution in [2.45, 2.75) is 51.4 Å². The lowest BCUT2D eigenvalue weighted by Gasteiger charge is -2.24. The number of aromatic amines is 1. The number of rotatable bonds is 3. The summed E-state index contributed by atoms with van der Waals surface area (Å²) in [5.74, 6) is -0.992. The predicted octanol–water partition coefficient (Wildman–Crippen LogP) is 6.14. The van der Waals surface area contributed by atoms with E-state index in [0.717, 1.165) is 40.5 Å². The van der Waals surface area contributed by atoms with Crippen LogP contribution in [0.15, 0.2) is 36.7 Å². The van der Waals surface area contributed by atoms with Gasteiger partial charge in [-0.1, -0.05) is 13.8 Å². The molecule has 1 saturated carbocycles. The molecule has 6 heteroatoms. The molecule has 2 aromatic carbocycles. The summed E-state index contributed by atoms with van der Waals surface area (Å²) in [6.07, 6.45) is 4.47. The minimum atomic E-state index is -0.866. The minimum absolute atomic E-state index is 0.157. The third kappa shape index (κ3) is 2.93. The highest BCUT2D eigenvalue weighted by atomic mass is 19.2. The van der Waals surface area contributed by atoms with Crippen LogP contribution in [-0.2, 0) is 4.79 Å². The van der Waals surface area contributed by atoms with E-state index in [1.807, 2.05) is 10.6 Å². The first kappa shape index (κ1) is 19.0. The van der Waals surface area contributed by atoms with Crippen molar-refractivity contribution in [3.63, 3.8) is 0 Å². The van der Waals surface area contributed by atoms with Gasteiger partial charge in [-0.3, -0.25) is 4.79 Å². The lowest BCUT2D eigenvalue weighted by Crippen LogP contribution is -2.14. The molecule has 1 fully saturated rings. The summed E-state index contributed by atoms with van der Waals surface area (Å²) in [5.41, 5.74) is 5.58. The first-order valence-corrected chi connectivity index (χ1v) is 10.4. The van der Waals surface area contributed by atoms with E-state index in [0.29, 0.717) is 24.3 Å². The molecule has 0 saturated heterocycles. The third-order valence-corrected chi connectivity index (χ3v) is 6.25. The summed E-state index contributed by atoms with van der Waals surface area (Å²) in [6, 6.07) is 8.15. The maximum Gasteiger partial charge on any atom is 0.160 e. The molecule has 0 spiro atoms. The summed E-state index contributed by atoms with van der Waals surface area (Å²) < 4.78 is 29.9. The SMILES string of the molecule is CC(C)c1c(C2CCC(=O)CC2)c2cc3[nH]cnc3cc2n1-c1ccc(F)c(F)c1. The molecule has 0 bridgehead atoms. The molecule has 154 valence electrons. The monoisotopic (exact) mass is 407 g/mol. The Bertz CT molecular complexity index is 1270. The molecular formula is C24H23F2N3O. The number of H-pyrrole nitrogens is 1. The third-order valence-electron chi connectivity index (χ3n) is 6.25. The number of aromatic nitrogens is 3.